The van der Waals surface area contributed by atoms with Gasteiger partial charge in [-0.2, -0.15) is 0 Å². The smallest absolute Gasteiger partial charge is 0.0351 e. The highest BCUT2D eigenvalue weighted by molar-refractivity contribution is 5.56. The van der Waals surface area contributed by atoms with E-state index in [0.29, 0.717) is 0 Å². The van der Waals surface area contributed by atoms with Crippen LogP contribution in [-0.4, -0.2) is 0 Å². The van der Waals surface area contributed by atoms with E-state index >= 15 is 0 Å². The normalized spacial score (nSPS) is 27.1. The lowest BCUT2D eigenvalue weighted by Gasteiger charge is -2.38. The molecule has 0 radical (unpaired) electrons. The second-order valence-corrected chi connectivity index (χ2v) is 10.1. The Morgan fingerprint density at radius 3 is 2.03 bits per heavy atom. The molecule has 0 aromatic heterocycles. The third-order valence-electron chi connectivity index (χ3n) is 8.04. The van der Waals surface area contributed by atoms with E-state index < -0.39 is 0 Å². The predicted octanol–water partition coefficient (Wildman–Crippen LogP) is 7.32. The fraction of sp³-hybridized carbons (Fsp3) is 0.571. The van der Waals surface area contributed by atoms with E-state index in [9.17, 15) is 0 Å². The van der Waals surface area contributed by atoms with Crippen LogP contribution in [0.3, 0.4) is 0 Å². The summed E-state index contributed by atoms with van der Waals surface area (Å²) in [6, 6.07) is 15.1. The first-order valence-corrected chi connectivity index (χ1v) is 12.3. The minimum absolute atomic E-state index is 0.754. The molecule has 2 aromatic rings. The molecule has 162 valence electrons. The minimum Gasteiger partial charge on any atom is -0.399 e. The second-order valence-electron chi connectivity index (χ2n) is 10.1. The van der Waals surface area contributed by atoms with E-state index in [1.807, 2.05) is 18.2 Å². The summed E-state index contributed by atoms with van der Waals surface area (Å²) in [5.41, 5.74) is 17.6. The Kier molecular flexibility index (Phi) is 7.02. The summed E-state index contributed by atoms with van der Waals surface area (Å²) in [5.74, 6) is 3.80. The third kappa shape index (κ3) is 5.20. The van der Waals surface area contributed by atoms with Gasteiger partial charge in [-0.1, -0.05) is 56.9 Å². The lowest BCUT2D eigenvalue weighted by atomic mass is 9.68. The molecular weight excluding hydrogens is 364 g/mol. The zero-order valence-electron chi connectivity index (χ0n) is 18.8. The molecule has 30 heavy (non-hydrogen) atoms. The van der Waals surface area contributed by atoms with Crippen molar-refractivity contribution in [3.8, 4) is 0 Å². The Labute approximate surface area is 183 Å². The van der Waals surface area contributed by atoms with Gasteiger partial charge in [0.25, 0.3) is 0 Å². The molecule has 2 aliphatic rings. The maximum absolute atomic E-state index is 6.13. The third-order valence-corrected chi connectivity index (χ3v) is 8.04. The van der Waals surface area contributed by atoms with Crippen LogP contribution in [0.4, 0.5) is 11.4 Å². The van der Waals surface area contributed by atoms with Crippen LogP contribution in [0.2, 0.25) is 0 Å². The Morgan fingerprint density at radius 2 is 1.40 bits per heavy atom. The van der Waals surface area contributed by atoms with Crippen molar-refractivity contribution in [1.29, 1.82) is 0 Å². The zero-order chi connectivity index (χ0) is 20.9. The SMILES string of the molecule is CCCC1CCC(C2CCC(c3ccc(Cc4cc(N)ccc4N)cc3)CC2)CC1. The highest BCUT2D eigenvalue weighted by atomic mass is 14.6. The number of hydrogen-bond acceptors (Lipinski definition) is 2. The molecule has 0 spiro atoms. The summed E-state index contributed by atoms with van der Waals surface area (Å²) in [6.45, 7) is 2.34. The highest BCUT2D eigenvalue weighted by Gasteiger charge is 2.31. The molecule has 0 heterocycles. The summed E-state index contributed by atoms with van der Waals surface area (Å²) < 4.78 is 0. The number of rotatable bonds is 6. The summed E-state index contributed by atoms with van der Waals surface area (Å²) in [6.07, 6.45) is 15.3. The van der Waals surface area contributed by atoms with Gasteiger partial charge in [0.2, 0.25) is 0 Å². The highest BCUT2D eigenvalue weighted by Crippen LogP contribution is 2.44. The molecule has 2 nitrogen and oxygen atoms in total. The van der Waals surface area contributed by atoms with E-state index in [1.165, 1.54) is 75.3 Å². The topological polar surface area (TPSA) is 52.0 Å². The van der Waals surface area contributed by atoms with Crippen LogP contribution in [0.15, 0.2) is 42.5 Å². The molecule has 0 unspecified atom stereocenters. The van der Waals surface area contributed by atoms with Gasteiger partial charge >= 0.3 is 0 Å². The van der Waals surface area contributed by atoms with Crippen molar-refractivity contribution in [2.45, 2.75) is 83.5 Å². The molecule has 2 aromatic carbocycles. The van der Waals surface area contributed by atoms with Crippen molar-refractivity contribution in [1.82, 2.24) is 0 Å². The molecule has 4 rings (SSSR count). The molecule has 0 atom stereocenters. The summed E-state index contributed by atoms with van der Waals surface area (Å²) in [5, 5.41) is 0. The van der Waals surface area contributed by atoms with E-state index in [0.717, 1.165) is 47.0 Å². The van der Waals surface area contributed by atoms with Gasteiger partial charge in [0.1, 0.15) is 0 Å². The molecule has 4 N–H and O–H groups in total. The van der Waals surface area contributed by atoms with Crippen molar-refractivity contribution in [3.05, 3.63) is 59.2 Å². The molecule has 0 bridgehead atoms. The Bertz CT molecular complexity index is 794. The average Bonchev–Trinajstić information content (AvgIpc) is 2.78. The molecule has 0 saturated heterocycles. The first-order chi connectivity index (χ1) is 14.6. The van der Waals surface area contributed by atoms with Gasteiger partial charge in [0, 0.05) is 11.4 Å². The van der Waals surface area contributed by atoms with Gasteiger partial charge in [0.05, 0.1) is 0 Å². The van der Waals surface area contributed by atoms with Crippen LogP contribution < -0.4 is 11.5 Å². The van der Waals surface area contributed by atoms with E-state index in [2.05, 4.69) is 31.2 Å². The first kappa shape index (κ1) is 21.3. The fourth-order valence-corrected chi connectivity index (χ4v) is 6.19. The average molecular weight is 405 g/mol. The number of hydrogen-bond donors (Lipinski definition) is 2. The first-order valence-electron chi connectivity index (χ1n) is 12.3. The molecule has 0 aliphatic heterocycles. The standard InChI is InChI=1S/C28H40N2/c1-2-3-20-4-8-22(9-5-20)24-12-14-25(15-13-24)23-10-6-21(7-11-23)18-26-19-27(29)16-17-28(26)30/h6-7,10-11,16-17,19-20,22,24-25H,2-5,8-9,12-15,18,29-30H2,1H3. The predicted molar refractivity (Wildman–Crippen MR) is 130 cm³/mol. The molecule has 2 heteroatoms. The van der Waals surface area contributed by atoms with Gasteiger partial charge in [-0.15, -0.1) is 0 Å². The minimum atomic E-state index is 0.754. The number of nitrogen functional groups attached to an aromatic ring is 2. The van der Waals surface area contributed by atoms with Crippen molar-refractivity contribution in [2.75, 3.05) is 11.5 Å². The molecule has 2 saturated carbocycles. The van der Waals surface area contributed by atoms with Crippen LogP contribution in [-0.2, 0) is 6.42 Å². The number of anilines is 2. The summed E-state index contributed by atoms with van der Waals surface area (Å²) >= 11 is 0. The number of nitrogens with two attached hydrogens (primary N) is 2. The largest absolute Gasteiger partial charge is 0.399 e. The number of benzene rings is 2. The van der Waals surface area contributed by atoms with Crippen molar-refractivity contribution < 1.29 is 0 Å². The quantitative estimate of drug-likeness (QED) is 0.495. The van der Waals surface area contributed by atoms with Crippen molar-refractivity contribution in [2.24, 2.45) is 17.8 Å². The summed E-state index contributed by atoms with van der Waals surface area (Å²) in [4.78, 5) is 0. The van der Waals surface area contributed by atoms with Gasteiger partial charge in [-0.25, -0.2) is 0 Å². The fourth-order valence-electron chi connectivity index (χ4n) is 6.19. The Hall–Kier alpha value is -1.96. The van der Waals surface area contributed by atoms with E-state index in [-0.39, 0.29) is 0 Å². The molecule has 2 aliphatic carbocycles. The van der Waals surface area contributed by atoms with Crippen LogP contribution in [0.1, 0.15) is 93.7 Å². The lowest BCUT2D eigenvalue weighted by molar-refractivity contribution is 0.156. The van der Waals surface area contributed by atoms with Crippen LogP contribution in [0.5, 0.6) is 0 Å². The second kappa shape index (κ2) is 9.90. The zero-order valence-corrected chi connectivity index (χ0v) is 18.8. The monoisotopic (exact) mass is 404 g/mol. The van der Waals surface area contributed by atoms with Gasteiger partial charge in [0.15, 0.2) is 0 Å². The molecular formula is C28H40N2. The van der Waals surface area contributed by atoms with Crippen LogP contribution in [0.25, 0.3) is 0 Å². The maximum Gasteiger partial charge on any atom is 0.0351 e. The molecule has 2 fully saturated rings. The van der Waals surface area contributed by atoms with Gasteiger partial charge in [-0.3, -0.25) is 0 Å². The van der Waals surface area contributed by atoms with Crippen molar-refractivity contribution in [3.63, 3.8) is 0 Å². The summed E-state index contributed by atoms with van der Waals surface area (Å²) in [7, 11) is 0. The molecule has 0 amide bonds. The van der Waals surface area contributed by atoms with Gasteiger partial charge in [-0.05, 0) is 104 Å². The lowest BCUT2D eigenvalue weighted by Crippen LogP contribution is -2.25. The maximum atomic E-state index is 6.13. The van der Waals surface area contributed by atoms with Crippen LogP contribution >= 0.6 is 0 Å². The Balaban J connectivity index is 1.28. The van der Waals surface area contributed by atoms with E-state index in [4.69, 9.17) is 11.5 Å². The van der Waals surface area contributed by atoms with E-state index in [1.54, 1.807) is 0 Å². The Morgan fingerprint density at radius 1 is 0.767 bits per heavy atom. The van der Waals surface area contributed by atoms with Gasteiger partial charge < -0.3 is 11.5 Å². The van der Waals surface area contributed by atoms with Crippen LogP contribution in [0, 0.1) is 17.8 Å². The van der Waals surface area contributed by atoms with Crippen molar-refractivity contribution >= 4 is 11.4 Å².